The molecule has 0 saturated carbocycles. The van der Waals surface area contributed by atoms with Crippen LogP contribution in [0.5, 0.6) is 5.75 Å². The van der Waals surface area contributed by atoms with E-state index in [9.17, 15) is 22.0 Å². The van der Waals surface area contributed by atoms with Gasteiger partial charge in [-0.05, 0) is 18.2 Å². The fraction of sp³-hybridized carbons (Fsp3) is 0.500. The van der Waals surface area contributed by atoms with Gasteiger partial charge in [0.25, 0.3) is 0 Å². The largest absolute Gasteiger partial charge is 0.433 e. The standard InChI is InChI=1S/C14H18ClF2N3O4S.ClH/c1-19(9-13(21)20-6-4-18-5-7-20)25(22,23)10-2-3-12(11(15)8-10)24-14(16)17;/h2-3,8,14,18H,4-7,9H2,1H3;1H. The number of amides is 1. The zero-order valence-corrected chi connectivity index (χ0v) is 16.2. The Balaban J connectivity index is 0.00000338. The second-order valence-electron chi connectivity index (χ2n) is 5.36. The molecule has 0 bridgehead atoms. The Bertz CT molecular complexity index is 731. The van der Waals surface area contributed by atoms with Crippen molar-refractivity contribution in [1.29, 1.82) is 0 Å². The molecule has 148 valence electrons. The number of carbonyl (C=O) groups excluding carboxylic acids is 1. The molecule has 0 spiro atoms. The number of ether oxygens (including phenoxy) is 1. The van der Waals surface area contributed by atoms with Crippen molar-refractivity contribution in [2.45, 2.75) is 11.5 Å². The fourth-order valence-corrected chi connectivity index (χ4v) is 3.74. The number of hydrogen-bond acceptors (Lipinski definition) is 5. The van der Waals surface area contributed by atoms with E-state index >= 15 is 0 Å². The molecule has 0 radical (unpaired) electrons. The van der Waals surface area contributed by atoms with Crippen molar-refractivity contribution in [3.8, 4) is 5.75 Å². The first-order chi connectivity index (χ1) is 11.7. The summed E-state index contributed by atoms with van der Waals surface area (Å²) in [7, 11) is -2.73. The molecule has 0 aliphatic carbocycles. The average molecular weight is 434 g/mol. The predicted octanol–water partition coefficient (Wildman–Crippen LogP) is 1.42. The second-order valence-corrected chi connectivity index (χ2v) is 7.81. The Morgan fingerprint density at radius 3 is 2.54 bits per heavy atom. The lowest BCUT2D eigenvalue weighted by Crippen LogP contribution is -2.49. The highest BCUT2D eigenvalue weighted by Gasteiger charge is 2.26. The first-order valence-electron chi connectivity index (χ1n) is 7.41. The van der Waals surface area contributed by atoms with Crippen LogP contribution in [-0.4, -0.2) is 69.9 Å². The molecule has 0 aromatic heterocycles. The summed E-state index contributed by atoms with van der Waals surface area (Å²) in [5.74, 6) is -0.633. The van der Waals surface area contributed by atoms with Crippen molar-refractivity contribution < 1.29 is 26.7 Å². The molecule has 0 unspecified atom stereocenters. The Labute approximate surface area is 161 Å². The maximum atomic E-state index is 12.5. The lowest BCUT2D eigenvalue weighted by molar-refractivity contribution is -0.131. The van der Waals surface area contributed by atoms with Crippen LogP contribution in [0.2, 0.25) is 5.02 Å². The van der Waals surface area contributed by atoms with Crippen LogP contribution in [0, 0.1) is 0 Å². The summed E-state index contributed by atoms with van der Waals surface area (Å²) in [4.78, 5) is 13.6. The van der Waals surface area contributed by atoms with Crippen molar-refractivity contribution in [2.75, 3.05) is 39.8 Å². The van der Waals surface area contributed by atoms with Gasteiger partial charge < -0.3 is 15.0 Å². The zero-order valence-electron chi connectivity index (χ0n) is 13.8. The predicted molar refractivity (Wildman–Crippen MR) is 94.6 cm³/mol. The number of alkyl halides is 2. The lowest BCUT2D eigenvalue weighted by Gasteiger charge is -2.29. The summed E-state index contributed by atoms with van der Waals surface area (Å²) in [6, 6.07) is 3.17. The van der Waals surface area contributed by atoms with E-state index in [0.717, 1.165) is 22.5 Å². The smallest absolute Gasteiger partial charge is 0.387 e. The molecule has 26 heavy (non-hydrogen) atoms. The molecule has 12 heteroatoms. The molecule has 1 aliphatic rings. The van der Waals surface area contributed by atoms with Crippen LogP contribution in [0.4, 0.5) is 8.78 Å². The Kier molecular flexibility index (Phi) is 8.48. The van der Waals surface area contributed by atoms with Crippen molar-refractivity contribution in [1.82, 2.24) is 14.5 Å². The number of nitrogens with zero attached hydrogens (tertiary/aromatic N) is 2. The fourth-order valence-electron chi connectivity index (χ4n) is 2.30. The van der Waals surface area contributed by atoms with E-state index in [1.54, 1.807) is 4.90 Å². The van der Waals surface area contributed by atoms with Crippen LogP contribution >= 0.6 is 24.0 Å². The molecular formula is C14H19Cl2F2N3O4S. The Morgan fingerprint density at radius 1 is 1.38 bits per heavy atom. The first kappa shape index (κ1) is 22.8. The summed E-state index contributed by atoms with van der Waals surface area (Å²) in [5.41, 5.74) is 0. The van der Waals surface area contributed by atoms with Gasteiger partial charge in [0.15, 0.2) is 0 Å². The molecule has 1 N–H and O–H groups in total. The van der Waals surface area contributed by atoms with Crippen molar-refractivity contribution in [3.05, 3.63) is 23.2 Å². The maximum Gasteiger partial charge on any atom is 0.387 e. The van der Waals surface area contributed by atoms with Crippen LogP contribution in [0.3, 0.4) is 0 Å². The van der Waals surface area contributed by atoms with Crippen LogP contribution in [0.1, 0.15) is 0 Å². The average Bonchev–Trinajstić information content (AvgIpc) is 2.56. The minimum absolute atomic E-state index is 0. The molecule has 1 saturated heterocycles. The van der Waals surface area contributed by atoms with E-state index in [0.29, 0.717) is 26.2 Å². The summed E-state index contributed by atoms with van der Waals surface area (Å²) < 4.78 is 54.6. The van der Waals surface area contributed by atoms with Gasteiger partial charge in [0.2, 0.25) is 15.9 Å². The number of likely N-dealkylation sites (N-methyl/N-ethyl adjacent to an activating group) is 1. The number of rotatable bonds is 6. The van der Waals surface area contributed by atoms with Gasteiger partial charge in [-0.2, -0.15) is 13.1 Å². The summed E-state index contributed by atoms with van der Waals surface area (Å²) >= 11 is 5.79. The SMILES string of the molecule is CN(CC(=O)N1CCNCC1)S(=O)(=O)c1ccc(OC(F)F)c(Cl)c1.Cl. The molecule has 0 atom stereocenters. The molecule has 1 aliphatic heterocycles. The van der Waals surface area contributed by atoms with E-state index in [1.807, 2.05) is 0 Å². The minimum atomic E-state index is -4.00. The van der Waals surface area contributed by atoms with Gasteiger partial charge >= 0.3 is 6.61 Å². The van der Waals surface area contributed by atoms with Gasteiger partial charge in [-0.15, -0.1) is 12.4 Å². The molecule has 1 heterocycles. The lowest BCUT2D eigenvalue weighted by atomic mass is 10.3. The number of hydrogen-bond donors (Lipinski definition) is 1. The summed E-state index contributed by atoms with van der Waals surface area (Å²) in [6.45, 7) is -1.06. The van der Waals surface area contributed by atoms with Crippen molar-refractivity contribution in [3.63, 3.8) is 0 Å². The maximum absolute atomic E-state index is 12.5. The van der Waals surface area contributed by atoms with Crippen LogP contribution in [0.25, 0.3) is 0 Å². The third kappa shape index (κ3) is 5.65. The van der Waals surface area contributed by atoms with Crippen LogP contribution in [0.15, 0.2) is 23.1 Å². The highest BCUT2D eigenvalue weighted by molar-refractivity contribution is 7.89. The number of carbonyl (C=O) groups is 1. The van der Waals surface area contributed by atoms with Gasteiger partial charge in [0.1, 0.15) is 5.75 Å². The van der Waals surface area contributed by atoms with E-state index in [-0.39, 0.29) is 40.5 Å². The van der Waals surface area contributed by atoms with Gasteiger partial charge in [-0.25, -0.2) is 8.42 Å². The molecular weight excluding hydrogens is 415 g/mol. The van der Waals surface area contributed by atoms with Gasteiger partial charge in [-0.1, -0.05) is 11.6 Å². The van der Waals surface area contributed by atoms with Gasteiger partial charge in [-0.3, -0.25) is 4.79 Å². The molecule has 1 fully saturated rings. The topological polar surface area (TPSA) is 79.0 Å². The Hall–Kier alpha value is -1.20. The number of benzene rings is 1. The van der Waals surface area contributed by atoms with Crippen molar-refractivity contribution in [2.24, 2.45) is 0 Å². The van der Waals surface area contributed by atoms with E-state index in [2.05, 4.69) is 10.1 Å². The van der Waals surface area contributed by atoms with Gasteiger partial charge in [0.05, 0.1) is 16.5 Å². The quantitative estimate of drug-likeness (QED) is 0.733. The summed E-state index contributed by atoms with van der Waals surface area (Å²) in [5, 5.41) is 2.84. The zero-order chi connectivity index (χ0) is 18.6. The van der Waals surface area contributed by atoms with E-state index in [1.165, 1.54) is 7.05 Å². The highest BCUT2D eigenvalue weighted by Crippen LogP contribution is 2.29. The monoisotopic (exact) mass is 433 g/mol. The third-order valence-corrected chi connectivity index (χ3v) is 5.75. The molecule has 2 rings (SSSR count). The number of sulfonamides is 1. The van der Waals surface area contributed by atoms with E-state index in [4.69, 9.17) is 11.6 Å². The Morgan fingerprint density at radius 2 is 2.00 bits per heavy atom. The molecule has 1 aromatic rings. The van der Waals surface area contributed by atoms with Crippen LogP contribution in [-0.2, 0) is 14.8 Å². The highest BCUT2D eigenvalue weighted by atomic mass is 35.5. The number of halogens is 4. The van der Waals surface area contributed by atoms with Crippen LogP contribution < -0.4 is 10.1 Å². The summed E-state index contributed by atoms with van der Waals surface area (Å²) in [6.07, 6.45) is 0. The minimum Gasteiger partial charge on any atom is -0.433 e. The van der Waals surface area contributed by atoms with Crippen molar-refractivity contribution >= 4 is 39.9 Å². The van der Waals surface area contributed by atoms with E-state index < -0.39 is 16.6 Å². The van der Waals surface area contributed by atoms with Gasteiger partial charge in [0, 0.05) is 33.2 Å². The number of nitrogens with one attached hydrogen (secondary N) is 1. The number of piperazine rings is 1. The second kappa shape index (κ2) is 9.65. The molecule has 1 amide bonds. The third-order valence-electron chi connectivity index (χ3n) is 3.66. The first-order valence-corrected chi connectivity index (χ1v) is 9.23. The molecule has 7 nitrogen and oxygen atoms in total. The normalized spacial score (nSPS) is 15.1. The molecule has 1 aromatic carbocycles.